The number of allylic oxidation sites excluding steroid dienone is 2. The molecule has 0 amide bonds. The summed E-state index contributed by atoms with van der Waals surface area (Å²) in [5.41, 5.74) is 0.321. The normalized spacial score (nSPS) is 15.5. The second-order valence-corrected chi connectivity index (χ2v) is 7.23. The molecule has 1 nitrogen and oxygen atoms in total. The largest absolute Gasteiger partial charge is 0.376 e. The Morgan fingerprint density at radius 2 is 1.65 bits per heavy atom. The Labute approximate surface area is 109 Å². The quantitative estimate of drug-likeness (QED) is 0.457. The number of unbranched alkanes of at least 4 members (excludes halogenated alkanes) is 1. The second kappa shape index (κ2) is 7.20. The third-order valence-corrected chi connectivity index (χ3v) is 2.49. The molecule has 17 heavy (non-hydrogen) atoms. The third-order valence-electron chi connectivity index (χ3n) is 2.49. The van der Waals surface area contributed by atoms with Gasteiger partial charge >= 0.3 is 0 Å². The summed E-state index contributed by atoms with van der Waals surface area (Å²) in [4.78, 5) is 0. The molecule has 0 N–H and O–H groups in total. The topological polar surface area (TPSA) is 9.23 Å². The number of hydrogen-bond acceptors (Lipinski definition) is 1. The number of rotatable bonds is 6. The van der Waals surface area contributed by atoms with Crippen LogP contribution >= 0.6 is 0 Å². The molecule has 0 saturated carbocycles. The van der Waals surface area contributed by atoms with Crippen LogP contribution in [0.1, 0.15) is 67.7 Å². The molecule has 0 saturated heterocycles. The van der Waals surface area contributed by atoms with Crippen molar-refractivity contribution in [2.24, 2.45) is 11.3 Å². The van der Waals surface area contributed by atoms with E-state index in [1.165, 1.54) is 19.3 Å². The van der Waals surface area contributed by atoms with E-state index in [9.17, 15) is 0 Å². The molecular formula is C16H32O. The minimum Gasteiger partial charge on any atom is -0.376 e. The van der Waals surface area contributed by atoms with E-state index in [4.69, 9.17) is 4.74 Å². The Morgan fingerprint density at radius 1 is 1.06 bits per heavy atom. The van der Waals surface area contributed by atoms with Crippen molar-refractivity contribution in [3.63, 3.8) is 0 Å². The van der Waals surface area contributed by atoms with E-state index in [1.807, 2.05) is 0 Å². The monoisotopic (exact) mass is 240 g/mol. The van der Waals surface area contributed by atoms with Crippen molar-refractivity contribution in [2.75, 3.05) is 6.61 Å². The third kappa shape index (κ3) is 13.6. The summed E-state index contributed by atoms with van der Waals surface area (Å²) in [6.45, 7) is 16.2. The molecule has 1 heteroatoms. The Morgan fingerprint density at radius 3 is 2.12 bits per heavy atom. The van der Waals surface area contributed by atoms with Gasteiger partial charge in [0.2, 0.25) is 0 Å². The Kier molecular flexibility index (Phi) is 7.08. The van der Waals surface area contributed by atoms with E-state index in [0.29, 0.717) is 11.3 Å². The highest BCUT2D eigenvalue weighted by molar-refractivity contribution is 4.91. The fraction of sp³-hybridized carbons (Fsp3) is 0.875. The van der Waals surface area contributed by atoms with Crippen molar-refractivity contribution in [2.45, 2.75) is 73.3 Å². The lowest BCUT2D eigenvalue weighted by atomic mass is 9.95. The molecule has 0 aromatic heterocycles. The van der Waals surface area contributed by atoms with Crippen LogP contribution in [-0.4, -0.2) is 12.2 Å². The molecular weight excluding hydrogens is 208 g/mol. The first-order chi connectivity index (χ1) is 7.60. The first-order valence-corrected chi connectivity index (χ1v) is 6.92. The number of hydrogen-bond donors (Lipinski definition) is 0. The van der Waals surface area contributed by atoms with Crippen LogP contribution in [0.4, 0.5) is 0 Å². The summed E-state index contributed by atoms with van der Waals surface area (Å²) >= 11 is 0. The van der Waals surface area contributed by atoms with Gasteiger partial charge in [-0.05, 0) is 51.4 Å². The summed E-state index contributed by atoms with van der Waals surface area (Å²) in [7, 11) is 0. The van der Waals surface area contributed by atoms with E-state index in [0.717, 1.165) is 6.61 Å². The van der Waals surface area contributed by atoms with Gasteiger partial charge in [0.05, 0.1) is 5.60 Å². The van der Waals surface area contributed by atoms with Crippen LogP contribution < -0.4 is 0 Å². The first kappa shape index (κ1) is 16.7. The molecule has 0 aliphatic heterocycles. The van der Waals surface area contributed by atoms with Gasteiger partial charge in [-0.3, -0.25) is 0 Å². The predicted octanol–water partition coefficient (Wildman–Crippen LogP) is 5.21. The van der Waals surface area contributed by atoms with Crippen LogP contribution in [0.15, 0.2) is 12.2 Å². The molecule has 0 aromatic carbocycles. The van der Waals surface area contributed by atoms with Crippen LogP contribution in [0, 0.1) is 11.3 Å². The van der Waals surface area contributed by atoms with Gasteiger partial charge in [0.25, 0.3) is 0 Å². The van der Waals surface area contributed by atoms with Gasteiger partial charge in [0, 0.05) is 6.61 Å². The minimum atomic E-state index is 0.000394. The van der Waals surface area contributed by atoms with Crippen molar-refractivity contribution in [3.8, 4) is 0 Å². The van der Waals surface area contributed by atoms with Crippen LogP contribution in [-0.2, 0) is 4.74 Å². The second-order valence-electron chi connectivity index (χ2n) is 7.23. The summed E-state index contributed by atoms with van der Waals surface area (Å²) in [6, 6.07) is 0. The number of ether oxygens (including phenoxy) is 1. The van der Waals surface area contributed by atoms with E-state index in [-0.39, 0.29) is 5.60 Å². The van der Waals surface area contributed by atoms with Crippen LogP contribution in [0.25, 0.3) is 0 Å². The zero-order valence-corrected chi connectivity index (χ0v) is 13.0. The molecule has 1 atom stereocenters. The lowest BCUT2D eigenvalue weighted by Gasteiger charge is -2.22. The molecule has 0 fully saturated rings. The molecule has 0 spiro atoms. The lowest BCUT2D eigenvalue weighted by molar-refractivity contribution is -0.0207. The summed E-state index contributed by atoms with van der Waals surface area (Å²) in [6.07, 6.45) is 8.34. The van der Waals surface area contributed by atoms with Gasteiger partial charge in [0.15, 0.2) is 0 Å². The van der Waals surface area contributed by atoms with Crippen LogP contribution in [0.5, 0.6) is 0 Å². The van der Waals surface area contributed by atoms with Gasteiger partial charge < -0.3 is 4.74 Å². The van der Waals surface area contributed by atoms with Gasteiger partial charge in [0.1, 0.15) is 0 Å². The highest BCUT2D eigenvalue weighted by Crippen LogP contribution is 2.17. The molecule has 0 aromatic rings. The summed E-state index contributed by atoms with van der Waals surface area (Å²) in [5, 5.41) is 0. The minimum absolute atomic E-state index is 0.000394. The lowest BCUT2D eigenvalue weighted by Crippen LogP contribution is -2.22. The van der Waals surface area contributed by atoms with Crippen molar-refractivity contribution in [1.82, 2.24) is 0 Å². The highest BCUT2D eigenvalue weighted by atomic mass is 16.5. The fourth-order valence-electron chi connectivity index (χ4n) is 1.50. The van der Waals surface area contributed by atoms with E-state index < -0.39 is 0 Å². The predicted molar refractivity (Wildman–Crippen MR) is 77.3 cm³/mol. The van der Waals surface area contributed by atoms with E-state index in [2.05, 4.69) is 60.6 Å². The van der Waals surface area contributed by atoms with E-state index >= 15 is 0 Å². The zero-order valence-electron chi connectivity index (χ0n) is 13.0. The standard InChI is InChI=1S/C16H32O/c1-14(13-17-16(5,6)7)11-9-8-10-12-15(2,3)4/h10,12,14H,8-9,11,13H2,1-7H3/b12-10+. The van der Waals surface area contributed by atoms with Crippen molar-refractivity contribution in [1.29, 1.82) is 0 Å². The molecule has 0 rings (SSSR count). The smallest absolute Gasteiger partial charge is 0.0598 e. The van der Waals surface area contributed by atoms with Gasteiger partial charge in [-0.25, -0.2) is 0 Å². The van der Waals surface area contributed by atoms with Gasteiger partial charge in [-0.15, -0.1) is 0 Å². The molecule has 0 aliphatic rings. The highest BCUT2D eigenvalue weighted by Gasteiger charge is 2.12. The Bertz CT molecular complexity index is 215. The fourth-order valence-corrected chi connectivity index (χ4v) is 1.50. The maximum atomic E-state index is 5.78. The molecule has 0 radical (unpaired) electrons. The van der Waals surface area contributed by atoms with Crippen molar-refractivity contribution < 1.29 is 4.74 Å². The maximum Gasteiger partial charge on any atom is 0.0598 e. The molecule has 0 aliphatic carbocycles. The zero-order chi connectivity index (χ0) is 13.5. The van der Waals surface area contributed by atoms with Crippen LogP contribution in [0.3, 0.4) is 0 Å². The molecule has 0 bridgehead atoms. The average Bonchev–Trinajstić information content (AvgIpc) is 2.11. The summed E-state index contributed by atoms with van der Waals surface area (Å²) in [5.74, 6) is 0.664. The van der Waals surface area contributed by atoms with Crippen molar-refractivity contribution in [3.05, 3.63) is 12.2 Å². The molecule has 0 heterocycles. The maximum absolute atomic E-state index is 5.78. The Hall–Kier alpha value is -0.300. The van der Waals surface area contributed by atoms with Crippen molar-refractivity contribution >= 4 is 0 Å². The van der Waals surface area contributed by atoms with Gasteiger partial charge in [-0.1, -0.05) is 39.8 Å². The first-order valence-electron chi connectivity index (χ1n) is 6.92. The Balaban J connectivity index is 3.59. The molecule has 1 unspecified atom stereocenters. The molecule has 102 valence electrons. The summed E-state index contributed by atoms with van der Waals surface area (Å²) < 4.78 is 5.78. The van der Waals surface area contributed by atoms with Crippen LogP contribution in [0.2, 0.25) is 0 Å². The van der Waals surface area contributed by atoms with Gasteiger partial charge in [-0.2, -0.15) is 0 Å². The average molecular weight is 240 g/mol. The SMILES string of the molecule is CC(CCC/C=C/C(C)(C)C)COC(C)(C)C. The van der Waals surface area contributed by atoms with E-state index in [1.54, 1.807) is 0 Å².